The Kier molecular flexibility index (Phi) is 4.57. The quantitative estimate of drug-likeness (QED) is 0.782. The van der Waals surface area contributed by atoms with E-state index >= 15 is 0 Å². The van der Waals surface area contributed by atoms with Crippen LogP contribution in [0.1, 0.15) is 12.0 Å². The largest absolute Gasteiger partial charge is 0.350 e. The fourth-order valence-electron chi connectivity index (χ4n) is 1.45. The second kappa shape index (κ2) is 5.49. The first-order chi connectivity index (χ1) is 6.75. The summed E-state index contributed by atoms with van der Waals surface area (Å²) in [6.45, 7) is 3.91. The number of aromatic nitrogens is 2. The van der Waals surface area contributed by atoms with Crippen LogP contribution >= 0.6 is 24.0 Å². The average molecular weight is 249 g/mol. The lowest BCUT2D eigenvalue weighted by Gasteiger charge is -2.11. The van der Waals surface area contributed by atoms with Gasteiger partial charge in [-0.05, 0) is 19.9 Å². The molecule has 0 radical (unpaired) electrons. The van der Waals surface area contributed by atoms with Crippen LogP contribution in [-0.2, 0) is 0 Å². The monoisotopic (exact) mass is 248 g/mol. The number of hydrogen-bond acceptors (Lipinski definition) is 4. The maximum absolute atomic E-state index is 5.89. The smallest absolute Gasteiger partial charge is 0.224 e. The van der Waals surface area contributed by atoms with Crippen LogP contribution in [0.25, 0.3) is 0 Å². The van der Waals surface area contributed by atoms with Gasteiger partial charge in [0.25, 0.3) is 0 Å². The molecule has 2 N–H and O–H groups in total. The lowest BCUT2D eigenvalue weighted by molar-refractivity contribution is 0.780. The molecule has 0 aromatic carbocycles. The summed E-state index contributed by atoms with van der Waals surface area (Å²) in [5, 5.41) is 7.03. The molecule has 0 unspecified atom stereocenters. The number of halogens is 2. The third kappa shape index (κ3) is 3.19. The van der Waals surface area contributed by atoms with Crippen molar-refractivity contribution in [2.24, 2.45) is 0 Å². The molecule has 0 saturated carbocycles. The van der Waals surface area contributed by atoms with Crippen LogP contribution in [0.4, 0.5) is 5.95 Å². The first-order valence-corrected chi connectivity index (χ1v) is 5.10. The lowest BCUT2D eigenvalue weighted by Crippen LogP contribution is -2.23. The second-order valence-electron chi connectivity index (χ2n) is 3.50. The summed E-state index contributed by atoms with van der Waals surface area (Å²) in [6, 6.07) is 0.425. The summed E-state index contributed by atoms with van der Waals surface area (Å²) in [5.74, 6) is 0.620. The van der Waals surface area contributed by atoms with Gasteiger partial charge in [0.15, 0.2) is 0 Å². The van der Waals surface area contributed by atoms with Gasteiger partial charge >= 0.3 is 0 Å². The van der Waals surface area contributed by atoms with E-state index < -0.39 is 0 Å². The molecule has 1 aliphatic rings. The zero-order valence-corrected chi connectivity index (χ0v) is 10.0. The Bertz CT molecular complexity index is 326. The van der Waals surface area contributed by atoms with Crippen molar-refractivity contribution in [2.45, 2.75) is 19.4 Å². The van der Waals surface area contributed by atoms with Crippen molar-refractivity contribution in [1.82, 2.24) is 15.3 Å². The third-order valence-corrected chi connectivity index (χ3v) is 2.69. The van der Waals surface area contributed by atoms with Crippen molar-refractivity contribution >= 4 is 30.0 Å². The van der Waals surface area contributed by atoms with E-state index in [2.05, 4.69) is 20.6 Å². The molecule has 1 aromatic heterocycles. The second-order valence-corrected chi connectivity index (χ2v) is 3.86. The van der Waals surface area contributed by atoms with Gasteiger partial charge in [-0.25, -0.2) is 9.97 Å². The standard InChI is InChI=1S/C9H13ClN4.ClH/c1-6-4-12-9(14-8(6)10)13-7-2-3-11-5-7;/h4,7,11H,2-3,5H2,1H3,(H,12,13,14);1H/t7-;/m1./s1. The summed E-state index contributed by atoms with van der Waals surface area (Å²) in [6.07, 6.45) is 2.84. The predicted octanol–water partition coefficient (Wildman–Crippen LogP) is 1.63. The molecule has 15 heavy (non-hydrogen) atoms. The molecule has 1 atom stereocenters. The van der Waals surface area contributed by atoms with Crippen molar-refractivity contribution in [2.75, 3.05) is 18.4 Å². The van der Waals surface area contributed by atoms with Crippen molar-refractivity contribution in [3.63, 3.8) is 0 Å². The minimum atomic E-state index is 0. The predicted molar refractivity (Wildman–Crippen MR) is 63.9 cm³/mol. The Morgan fingerprint density at radius 3 is 3.00 bits per heavy atom. The summed E-state index contributed by atoms with van der Waals surface area (Å²) in [4.78, 5) is 8.32. The molecule has 6 heteroatoms. The Morgan fingerprint density at radius 1 is 1.60 bits per heavy atom. The van der Waals surface area contributed by atoms with E-state index in [1.165, 1.54) is 0 Å². The van der Waals surface area contributed by atoms with E-state index in [-0.39, 0.29) is 12.4 Å². The van der Waals surface area contributed by atoms with Gasteiger partial charge in [-0.1, -0.05) is 11.6 Å². The summed E-state index contributed by atoms with van der Waals surface area (Å²) in [5.41, 5.74) is 0.904. The number of hydrogen-bond donors (Lipinski definition) is 2. The Labute approximate surface area is 100 Å². The molecular formula is C9H14Cl2N4. The van der Waals surface area contributed by atoms with Crippen LogP contribution in [0, 0.1) is 6.92 Å². The highest BCUT2D eigenvalue weighted by atomic mass is 35.5. The Hall–Kier alpha value is -0.580. The first-order valence-electron chi connectivity index (χ1n) is 4.72. The molecule has 4 nitrogen and oxygen atoms in total. The van der Waals surface area contributed by atoms with Crippen LogP contribution in [-0.4, -0.2) is 29.1 Å². The molecule has 84 valence electrons. The topological polar surface area (TPSA) is 49.8 Å². The minimum absolute atomic E-state index is 0. The van der Waals surface area contributed by atoms with Gasteiger partial charge in [0, 0.05) is 24.3 Å². The normalized spacial score (nSPS) is 19.7. The number of nitrogens with one attached hydrogen (secondary N) is 2. The van der Waals surface area contributed by atoms with Gasteiger partial charge in [-0.3, -0.25) is 0 Å². The van der Waals surface area contributed by atoms with Crippen LogP contribution in [0.3, 0.4) is 0 Å². The van der Waals surface area contributed by atoms with Gasteiger partial charge in [-0.2, -0.15) is 0 Å². The molecule has 1 aromatic rings. The molecule has 0 bridgehead atoms. The fraction of sp³-hybridized carbons (Fsp3) is 0.556. The SMILES string of the molecule is Cc1cnc(N[C@@H]2CCNC2)nc1Cl.Cl. The third-order valence-electron chi connectivity index (χ3n) is 2.30. The van der Waals surface area contributed by atoms with Gasteiger partial charge < -0.3 is 10.6 Å². The van der Waals surface area contributed by atoms with Gasteiger partial charge in [0.05, 0.1) is 0 Å². The molecule has 1 saturated heterocycles. The van der Waals surface area contributed by atoms with Crippen LogP contribution < -0.4 is 10.6 Å². The van der Waals surface area contributed by atoms with Gasteiger partial charge in [0.2, 0.25) is 5.95 Å². The summed E-state index contributed by atoms with van der Waals surface area (Å²) < 4.78 is 0. The molecule has 0 amide bonds. The van der Waals surface area contributed by atoms with Crippen molar-refractivity contribution in [3.8, 4) is 0 Å². The number of rotatable bonds is 2. The summed E-state index contributed by atoms with van der Waals surface area (Å²) >= 11 is 5.89. The summed E-state index contributed by atoms with van der Waals surface area (Å²) in [7, 11) is 0. The van der Waals surface area contributed by atoms with Crippen LogP contribution in [0.15, 0.2) is 6.20 Å². The maximum atomic E-state index is 5.89. The Balaban J connectivity index is 0.00000112. The molecule has 1 fully saturated rings. The molecule has 1 aliphatic heterocycles. The van der Waals surface area contributed by atoms with E-state index in [0.29, 0.717) is 17.1 Å². The zero-order valence-electron chi connectivity index (χ0n) is 8.46. The highest BCUT2D eigenvalue weighted by Gasteiger charge is 2.15. The van der Waals surface area contributed by atoms with E-state index in [9.17, 15) is 0 Å². The van der Waals surface area contributed by atoms with Crippen molar-refractivity contribution in [3.05, 3.63) is 16.9 Å². The van der Waals surface area contributed by atoms with Crippen LogP contribution in [0.2, 0.25) is 5.15 Å². The zero-order chi connectivity index (χ0) is 9.97. The van der Waals surface area contributed by atoms with Gasteiger partial charge in [-0.15, -0.1) is 12.4 Å². The Morgan fingerprint density at radius 2 is 2.40 bits per heavy atom. The van der Waals surface area contributed by atoms with E-state index in [4.69, 9.17) is 11.6 Å². The van der Waals surface area contributed by atoms with E-state index in [0.717, 1.165) is 25.1 Å². The lowest BCUT2D eigenvalue weighted by atomic mass is 10.3. The van der Waals surface area contributed by atoms with Gasteiger partial charge in [0.1, 0.15) is 5.15 Å². The van der Waals surface area contributed by atoms with Crippen LogP contribution in [0.5, 0.6) is 0 Å². The molecule has 2 rings (SSSR count). The fourth-order valence-corrected chi connectivity index (χ4v) is 1.58. The molecule has 2 heterocycles. The number of nitrogens with zero attached hydrogens (tertiary/aromatic N) is 2. The highest BCUT2D eigenvalue weighted by Crippen LogP contribution is 2.13. The van der Waals surface area contributed by atoms with Crippen molar-refractivity contribution < 1.29 is 0 Å². The van der Waals surface area contributed by atoms with E-state index in [1.54, 1.807) is 6.20 Å². The number of anilines is 1. The first kappa shape index (κ1) is 12.5. The molecule has 0 aliphatic carbocycles. The minimum Gasteiger partial charge on any atom is -0.350 e. The molecule has 0 spiro atoms. The van der Waals surface area contributed by atoms with Crippen molar-refractivity contribution in [1.29, 1.82) is 0 Å². The maximum Gasteiger partial charge on any atom is 0.224 e. The highest BCUT2D eigenvalue weighted by molar-refractivity contribution is 6.30. The average Bonchev–Trinajstić information content (AvgIpc) is 2.64. The van der Waals surface area contributed by atoms with E-state index in [1.807, 2.05) is 6.92 Å². The molecular weight excluding hydrogens is 235 g/mol. The number of aryl methyl sites for hydroxylation is 1.